The van der Waals surface area contributed by atoms with Crippen LogP contribution in [0.3, 0.4) is 0 Å². The van der Waals surface area contributed by atoms with Gasteiger partial charge in [0.05, 0.1) is 5.56 Å². The van der Waals surface area contributed by atoms with E-state index in [1.165, 1.54) is 0 Å². The Labute approximate surface area is 133 Å². The van der Waals surface area contributed by atoms with Gasteiger partial charge in [0.15, 0.2) is 5.82 Å². The summed E-state index contributed by atoms with van der Waals surface area (Å²) in [6, 6.07) is 17.2. The van der Waals surface area contributed by atoms with Crippen LogP contribution in [0.2, 0.25) is 0 Å². The summed E-state index contributed by atoms with van der Waals surface area (Å²) >= 11 is 0. The third kappa shape index (κ3) is 2.53. The molecule has 1 atom stereocenters. The van der Waals surface area contributed by atoms with E-state index < -0.39 is 0 Å². The van der Waals surface area contributed by atoms with Crippen LogP contribution in [-0.4, -0.2) is 15.9 Å². The van der Waals surface area contributed by atoms with E-state index in [-0.39, 0.29) is 12.1 Å². The molecule has 23 heavy (non-hydrogen) atoms. The fraction of sp³-hybridized carbons (Fsp3) is 0.0556. The van der Waals surface area contributed by atoms with Gasteiger partial charge >= 0.3 is 0 Å². The first-order valence-corrected chi connectivity index (χ1v) is 7.35. The molecule has 5 nitrogen and oxygen atoms in total. The summed E-state index contributed by atoms with van der Waals surface area (Å²) in [4.78, 5) is 21.0. The molecule has 2 heterocycles. The van der Waals surface area contributed by atoms with Crippen molar-refractivity contribution >= 4 is 11.6 Å². The Balaban J connectivity index is 1.61. The number of amides is 1. The van der Waals surface area contributed by atoms with Gasteiger partial charge in [0.2, 0.25) is 0 Å². The Hall–Kier alpha value is -3.21. The minimum Gasteiger partial charge on any atom is -0.361 e. The summed E-state index contributed by atoms with van der Waals surface area (Å²) in [5.74, 6) is 0.563. The van der Waals surface area contributed by atoms with E-state index >= 15 is 0 Å². The topological polar surface area (TPSA) is 66.9 Å². The van der Waals surface area contributed by atoms with Gasteiger partial charge in [-0.25, -0.2) is 9.97 Å². The Morgan fingerprint density at radius 3 is 2.30 bits per heavy atom. The van der Waals surface area contributed by atoms with Crippen LogP contribution in [0.5, 0.6) is 0 Å². The first kappa shape index (κ1) is 13.5. The van der Waals surface area contributed by atoms with Crippen molar-refractivity contribution in [3.05, 3.63) is 78.1 Å². The van der Waals surface area contributed by atoms with Gasteiger partial charge in [0.25, 0.3) is 5.91 Å². The van der Waals surface area contributed by atoms with Crippen molar-refractivity contribution < 1.29 is 4.79 Å². The molecular weight excluding hydrogens is 288 g/mol. The molecule has 0 bridgehead atoms. The number of fused-ring (bicyclic) bond motifs is 1. The van der Waals surface area contributed by atoms with Crippen molar-refractivity contribution in [2.45, 2.75) is 6.17 Å². The number of rotatable bonds is 2. The number of hydrogen-bond acceptors (Lipinski definition) is 4. The molecule has 1 aliphatic heterocycles. The lowest BCUT2D eigenvalue weighted by Crippen LogP contribution is -2.38. The molecule has 1 aliphatic rings. The maximum Gasteiger partial charge on any atom is 0.255 e. The molecule has 0 aliphatic carbocycles. The summed E-state index contributed by atoms with van der Waals surface area (Å²) in [5, 5.41) is 6.21. The van der Waals surface area contributed by atoms with E-state index in [2.05, 4.69) is 20.6 Å². The van der Waals surface area contributed by atoms with Crippen LogP contribution in [-0.2, 0) is 0 Å². The maximum atomic E-state index is 12.2. The minimum absolute atomic E-state index is 0.100. The van der Waals surface area contributed by atoms with E-state index in [0.717, 1.165) is 16.8 Å². The molecule has 2 N–H and O–H groups in total. The highest BCUT2D eigenvalue weighted by Crippen LogP contribution is 2.26. The van der Waals surface area contributed by atoms with E-state index in [4.69, 9.17) is 0 Å². The van der Waals surface area contributed by atoms with Crippen LogP contribution in [0.25, 0.3) is 11.4 Å². The lowest BCUT2D eigenvalue weighted by molar-refractivity contribution is 0.0935. The van der Waals surface area contributed by atoms with Crippen molar-refractivity contribution in [2.75, 3.05) is 5.32 Å². The van der Waals surface area contributed by atoms with Gasteiger partial charge in [-0.1, -0.05) is 42.5 Å². The fourth-order valence-electron chi connectivity index (χ4n) is 2.60. The van der Waals surface area contributed by atoms with Crippen LogP contribution in [0.1, 0.15) is 22.1 Å². The maximum absolute atomic E-state index is 12.2. The average molecular weight is 302 g/mol. The van der Waals surface area contributed by atoms with E-state index in [0.29, 0.717) is 11.4 Å². The molecule has 0 saturated carbocycles. The Kier molecular flexibility index (Phi) is 3.24. The Morgan fingerprint density at radius 1 is 0.826 bits per heavy atom. The molecule has 3 aromatic rings. The van der Waals surface area contributed by atoms with Gasteiger partial charge in [-0.15, -0.1) is 0 Å². The van der Waals surface area contributed by atoms with Crippen molar-refractivity contribution in [3.63, 3.8) is 0 Å². The standard InChI is InChI=1S/C18H14N4O/c23-18-14-8-4-5-9-15(14)21-17(22-18)13-10-19-16(20-11-13)12-6-2-1-3-7-12/h1-11,17,21H,(H,22,23). The molecule has 2 aromatic carbocycles. The normalized spacial score (nSPS) is 16.2. The van der Waals surface area contributed by atoms with Gasteiger partial charge in [-0.3, -0.25) is 4.79 Å². The van der Waals surface area contributed by atoms with Crippen LogP contribution < -0.4 is 10.6 Å². The SMILES string of the molecule is O=C1NC(c2cnc(-c3ccccc3)nc2)Nc2ccccc21. The zero-order valence-electron chi connectivity index (χ0n) is 12.2. The van der Waals surface area contributed by atoms with E-state index in [1.807, 2.05) is 48.5 Å². The second-order valence-electron chi connectivity index (χ2n) is 5.30. The zero-order valence-corrected chi connectivity index (χ0v) is 12.2. The quantitative estimate of drug-likeness (QED) is 0.763. The summed E-state index contributed by atoms with van der Waals surface area (Å²) in [5.41, 5.74) is 3.23. The summed E-state index contributed by atoms with van der Waals surface area (Å²) < 4.78 is 0. The summed E-state index contributed by atoms with van der Waals surface area (Å²) in [6.45, 7) is 0. The lowest BCUT2D eigenvalue weighted by Gasteiger charge is -2.27. The Bertz CT molecular complexity index is 846. The average Bonchev–Trinajstić information content (AvgIpc) is 2.63. The number of nitrogens with one attached hydrogen (secondary N) is 2. The van der Waals surface area contributed by atoms with Crippen LogP contribution in [0, 0.1) is 0 Å². The fourth-order valence-corrected chi connectivity index (χ4v) is 2.60. The highest BCUT2D eigenvalue weighted by atomic mass is 16.2. The minimum atomic E-state index is -0.331. The van der Waals surface area contributed by atoms with Crippen molar-refractivity contribution in [1.29, 1.82) is 0 Å². The van der Waals surface area contributed by atoms with Crippen molar-refractivity contribution in [1.82, 2.24) is 15.3 Å². The number of benzene rings is 2. The Morgan fingerprint density at radius 2 is 1.52 bits per heavy atom. The summed E-state index contributed by atoms with van der Waals surface area (Å²) in [7, 11) is 0. The molecule has 1 unspecified atom stereocenters. The molecule has 112 valence electrons. The first-order valence-electron chi connectivity index (χ1n) is 7.35. The van der Waals surface area contributed by atoms with Crippen molar-refractivity contribution in [3.8, 4) is 11.4 Å². The third-order valence-corrected chi connectivity index (χ3v) is 3.78. The highest BCUT2D eigenvalue weighted by molar-refractivity contribution is 6.01. The predicted octanol–water partition coefficient (Wildman–Crippen LogP) is 3.00. The molecule has 5 heteroatoms. The molecule has 4 rings (SSSR count). The monoisotopic (exact) mass is 302 g/mol. The second-order valence-corrected chi connectivity index (χ2v) is 5.30. The van der Waals surface area contributed by atoms with Gasteiger partial charge < -0.3 is 10.6 Å². The smallest absolute Gasteiger partial charge is 0.255 e. The predicted molar refractivity (Wildman–Crippen MR) is 87.7 cm³/mol. The van der Waals surface area contributed by atoms with Crippen molar-refractivity contribution in [2.24, 2.45) is 0 Å². The molecule has 1 amide bonds. The van der Waals surface area contributed by atoms with Gasteiger partial charge in [0.1, 0.15) is 6.17 Å². The molecule has 0 spiro atoms. The number of nitrogens with zero attached hydrogens (tertiary/aromatic N) is 2. The molecule has 0 radical (unpaired) electrons. The molecule has 0 fully saturated rings. The summed E-state index contributed by atoms with van der Waals surface area (Å²) in [6.07, 6.45) is 3.14. The van der Waals surface area contributed by atoms with E-state index in [9.17, 15) is 4.79 Å². The number of para-hydroxylation sites is 1. The van der Waals surface area contributed by atoms with Crippen LogP contribution in [0.15, 0.2) is 67.0 Å². The van der Waals surface area contributed by atoms with Crippen LogP contribution in [0.4, 0.5) is 5.69 Å². The largest absolute Gasteiger partial charge is 0.361 e. The number of carbonyl (C=O) groups excluding carboxylic acids is 1. The van der Waals surface area contributed by atoms with E-state index in [1.54, 1.807) is 18.5 Å². The third-order valence-electron chi connectivity index (χ3n) is 3.78. The van der Waals surface area contributed by atoms with Gasteiger partial charge in [0, 0.05) is 29.2 Å². The first-order chi connectivity index (χ1) is 11.3. The van der Waals surface area contributed by atoms with Gasteiger partial charge in [-0.05, 0) is 12.1 Å². The number of anilines is 1. The molecule has 1 aromatic heterocycles. The number of carbonyl (C=O) groups is 1. The number of hydrogen-bond donors (Lipinski definition) is 2. The zero-order chi connectivity index (χ0) is 15.6. The highest BCUT2D eigenvalue weighted by Gasteiger charge is 2.24. The van der Waals surface area contributed by atoms with Gasteiger partial charge in [-0.2, -0.15) is 0 Å². The number of aromatic nitrogens is 2. The van der Waals surface area contributed by atoms with Crippen LogP contribution >= 0.6 is 0 Å². The lowest BCUT2D eigenvalue weighted by atomic mass is 10.1. The second kappa shape index (κ2) is 5.53. The molecular formula is C18H14N4O. The molecule has 0 saturated heterocycles.